The van der Waals surface area contributed by atoms with Gasteiger partial charge in [-0.05, 0) is 6.42 Å². The summed E-state index contributed by atoms with van der Waals surface area (Å²) in [5.74, 6) is 0.303. The first-order chi connectivity index (χ1) is 3.98. The quantitative estimate of drug-likeness (QED) is 0.556. The van der Waals surface area contributed by atoms with Crippen molar-refractivity contribution in [3.63, 3.8) is 0 Å². The van der Waals surface area contributed by atoms with Gasteiger partial charge in [0.25, 0.3) is 0 Å². The third-order valence-corrected chi connectivity index (χ3v) is 1.24. The van der Waals surface area contributed by atoms with Crippen molar-refractivity contribution < 1.29 is 4.79 Å². The Labute approximate surface area is 57.5 Å². The third-order valence-electron chi connectivity index (χ3n) is 1.24. The molecule has 1 nitrogen and oxygen atoms in total. The molecule has 1 radical (unpaired) electrons. The Bertz CT molecular complexity index is 97.6. The summed E-state index contributed by atoms with van der Waals surface area (Å²) in [5.41, 5.74) is -0.169. The van der Waals surface area contributed by atoms with E-state index < -0.39 is 0 Å². The molecule has 0 aliphatic carbocycles. The first-order valence-corrected chi connectivity index (χ1v) is 3.31. The number of hydrogen-bond acceptors (Lipinski definition) is 1. The Kier molecular flexibility index (Phi) is 2.89. The van der Waals surface area contributed by atoms with Crippen LogP contribution in [-0.2, 0) is 4.79 Å². The molecule has 0 bridgehead atoms. The van der Waals surface area contributed by atoms with Crippen molar-refractivity contribution in [1.29, 1.82) is 0 Å². The molecule has 1 heteroatoms. The minimum atomic E-state index is -0.169. The summed E-state index contributed by atoms with van der Waals surface area (Å²) < 4.78 is 0. The van der Waals surface area contributed by atoms with Crippen LogP contribution >= 0.6 is 0 Å². The van der Waals surface area contributed by atoms with Crippen molar-refractivity contribution in [3.8, 4) is 0 Å². The van der Waals surface area contributed by atoms with Crippen LogP contribution in [0.1, 0.15) is 33.6 Å². The van der Waals surface area contributed by atoms with Crippen molar-refractivity contribution in [1.82, 2.24) is 0 Å². The Balaban J connectivity index is 3.74. The minimum absolute atomic E-state index is 0.169. The first kappa shape index (κ1) is 8.67. The van der Waals surface area contributed by atoms with E-state index in [2.05, 4.69) is 6.92 Å². The summed E-state index contributed by atoms with van der Waals surface area (Å²) >= 11 is 0. The van der Waals surface area contributed by atoms with Crippen LogP contribution in [0.2, 0.25) is 0 Å². The molecule has 0 rings (SSSR count). The second-order valence-electron chi connectivity index (χ2n) is 3.28. The topological polar surface area (TPSA) is 17.1 Å². The summed E-state index contributed by atoms with van der Waals surface area (Å²) in [6.07, 6.45) is 1.33. The van der Waals surface area contributed by atoms with E-state index in [4.69, 9.17) is 0 Å². The maximum atomic E-state index is 11.0. The fourth-order valence-corrected chi connectivity index (χ4v) is 0.536. The summed E-state index contributed by atoms with van der Waals surface area (Å²) in [4.78, 5) is 11.0. The molecule has 0 atom stereocenters. The largest absolute Gasteiger partial charge is 0.299 e. The van der Waals surface area contributed by atoms with Crippen molar-refractivity contribution in [2.24, 2.45) is 5.41 Å². The molecule has 9 heavy (non-hydrogen) atoms. The molecule has 0 saturated heterocycles. The Morgan fingerprint density at radius 3 is 2.00 bits per heavy atom. The highest BCUT2D eigenvalue weighted by atomic mass is 16.1. The fraction of sp³-hybridized carbons (Fsp3) is 0.750. The smallest absolute Gasteiger partial charge is 0.138 e. The fourth-order valence-electron chi connectivity index (χ4n) is 0.536. The lowest BCUT2D eigenvalue weighted by Crippen LogP contribution is -2.19. The molecule has 0 aliphatic heterocycles. The average molecular weight is 127 g/mol. The van der Waals surface area contributed by atoms with Gasteiger partial charge in [0, 0.05) is 11.8 Å². The second kappa shape index (κ2) is 3.00. The first-order valence-electron chi connectivity index (χ1n) is 3.31. The van der Waals surface area contributed by atoms with Crippen LogP contribution in [0.15, 0.2) is 0 Å². The van der Waals surface area contributed by atoms with Crippen LogP contribution in [0.5, 0.6) is 0 Å². The van der Waals surface area contributed by atoms with Crippen molar-refractivity contribution in [2.45, 2.75) is 33.6 Å². The predicted octanol–water partition coefficient (Wildman–Crippen LogP) is 2.22. The standard InChI is InChI=1S/C8H15O/c1-5-6-7(9)8(2,3)4/h1,5-6H2,2-4H3. The number of rotatable bonds is 2. The molecule has 0 heterocycles. The molecule has 0 aromatic heterocycles. The van der Waals surface area contributed by atoms with E-state index in [0.717, 1.165) is 6.42 Å². The maximum Gasteiger partial charge on any atom is 0.138 e. The van der Waals surface area contributed by atoms with Crippen molar-refractivity contribution in [3.05, 3.63) is 6.92 Å². The van der Waals surface area contributed by atoms with Gasteiger partial charge in [0.15, 0.2) is 0 Å². The van der Waals surface area contributed by atoms with Crippen molar-refractivity contribution in [2.75, 3.05) is 0 Å². The van der Waals surface area contributed by atoms with Gasteiger partial charge in [0.05, 0.1) is 0 Å². The van der Waals surface area contributed by atoms with Crippen LogP contribution < -0.4 is 0 Å². The summed E-state index contributed by atoms with van der Waals surface area (Å²) in [5, 5.41) is 0. The van der Waals surface area contributed by atoms with E-state index in [1.807, 2.05) is 20.8 Å². The Hall–Kier alpha value is -0.330. The predicted molar refractivity (Wildman–Crippen MR) is 39.1 cm³/mol. The molecule has 0 aromatic carbocycles. The summed E-state index contributed by atoms with van der Waals surface area (Å²) in [6.45, 7) is 9.42. The van der Waals surface area contributed by atoms with Crippen LogP contribution in [0.25, 0.3) is 0 Å². The normalized spacial score (nSPS) is 11.6. The number of hydrogen-bond donors (Lipinski definition) is 0. The van der Waals surface area contributed by atoms with E-state index >= 15 is 0 Å². The number of Topliss-reactive ketones (excluding diaryl/α,β-unsaturated/α-hetero) is 1. The number of carbonyl (C=O) groups is 1. The lowest BCUT2D eigenvalue weighted by molar-refractivity contribution is -0.126. The summed E-state index contributed by atoms with van der Waals surface area (Å²) in [7, 11) is 0. The van der Waals surface area contributed by atoms with Gasteiger partial charge in [-0.2, -0.15) is 0 Å². The van der Waals surface area contributed by atoms with Gasteiger partial charge in [-0.25, -0.2) is 0 Å². The van der Waals surface area contributed by atoms with E-state index in [9.17, 15) is 4.79 Å². The van der Waals surface area contributed by atoms with Gasteiger partial charge in [-0.3, -0.25) is 4.79 Å². The van der Waals surface area contributed by atoms with Gasteiger partial charge in [-0.15, -0.1) is 0 Å². The van der Waals surface area contributed by atoms with E-state index in [-0.39, 0.29) is 5.41 Å². The highest BCUT2D eigenvalue weighted by molar-refractivity contribution is 5.83. The van der Waals surface area contributed by atoms with Crippen LogP contribution in [-0.4, -0.2) is 5.78 Å². The number of ketones is 1. The van der Waals surface area contributed by atoms with Crippen molar-refractivity contribution >= 4 is 5.78 Å². The lowest BCUT2D eigenvalue weighted by atomic mass is 9.88. The highest BCUT2D eigenvalue weighted by Crippen LogP contribution is 2.16. The zero-order chi connectivity index (χ0) is 7.49. The van der Waals surface area contributed by atoms with Crippen LogP contribution in [0.4, 0.5) is 0 Å². The molecule has 0 unspecified atom stereocenters. The molecule has 0 N–H and O–H groups in total. The van der Waals surface area contributed by atoms with Gasteiger partial charge in [0.2, 0.25) is 0 Å². The average Bonchev–Trinajstić information content (AvgIpc) is 1.64. The van der Waals surface area contributed by atoms with Crippen LogP contribution in [0.3, 0.4) is 0 Å². The monoisotopic (exact) mass is 127 g/mol. The lowest BCUT2D eigenvalue weighted by Gasteiger charge is -2.15. The zero-order valence-electron chi connectivity index (χ0n) is 6.53. The molecule has 53 valence electrons. The van der Waals surface area contributed by atoms with Gasteiger partial charge in [0.1, 0.15) is 5.78 Å². The zero-order valence-corrected chi connectivity index (χ0v) is 6.53. The second-order valence-corrected chi connectivity index (χ2v) is 3.28. The van der Waals surface area contributed by atoms with E-state index in [0.29, 0.717) is 12.2 Å². The Morgan fingerprint density at radius 2 is 1.89 bits per heavy atom. The molecule has 0 spiro atoms. The van der Waals surface area contributed by atoms with Gasteiger partial charge < -0.3 is 0 Å². The molecular formula is C8H15O. The molecule has 0 fully saturated rings. The molecule has 0 amide bonds. The van der Waals surface area contributed by atoms with Gasteiger partial charge in [-0.1, -0.05) is 27.7 Å². The molecule has 0 aliphatic rings. The van der Waals surface area contributed by atoms with E-state index in [1.165, 1.54) is 0 Å². The van der Waals surface area contributed by atoms with Gasteiger partial charge >= 0.3 is 0 Å². The van der Waals surface area contributed by atoms with E-state index in [1.54, 1.807) is 0 Å². The van der Waals surface area contributed by atoms with Crippen LogP contribution in [0, 0.1) is 12.3 Å². The number of carbonyl (C=O) groups excluding carboxylic acids is 1. The molecular weight excluding hydrogens is 112 g/mol. The maximum absolute atomic E-state index is 11.0. The molecule has 0 aromatic rings. The molecule has 0 saturated carbocycles. The summed E-state index contributed by atoms with van der Waals surface area (Å²) in [6, 6.07) is 0. The highest BCUT2D eigenvalue weighted by Gasteiger charge is 2.19. The minimum Gasteiger partial charge on any atom is -0.299 e. The third kappa shape index (κ3) is 3.28. The Morgan fingerprint density at radius 1 is 1.44 bits per heavy atom. The SMILES string of the molecule is [CH2]CCC(=O)C(C)(C)C.